The van der Waals surface area contributed by atoms with E-state index in [1.807, 2.05) is 12.1 Å². The van der Waals surface area contributed by atoms with Crippen molar-refractivity contribution in [2.24, 2.45) is 5.73 Å². The fourth-order valence-electron chi connectivity index (χ4n) is 2.62. The molecule has 1 atom stereocenters. The molecule has 128 valence electrons. The van der Waals surface area contributed by atoms with Crippen LogP contribution >= 0.6 is 0 Å². The molecule has 1 unspecified atom stereocenters. The number of nitrogens with zero attached hydrogens (tertiary/aromatic N) is 2. The van der Waals surface area contributed by atoms with Gasteiger partial charge in [-0.25, -0.2) is 4.98 Å². The summed E-state index contributed by atoms with van der Waals surface area (Å²) < 4.78 is 5.69. The second-order valence-electron chi connectivity index (χ2n) is 6.08. The van der Waals surface area contributed by atoms with E-state index < -0.39 is 5.91 Å². The van der Waals surface area contributed by atoms with Crippen molar-refractivity contribution in [2.45, 2.75) is 26.2 Å². The van der Waals surface area contributed by atoms with E-state index in [4.69, 9.17) is 10.5 Å². The van der Waals surface area contributed by atoms with Crippen LogP contribution in [0.1, 0.15) is 42.1 Å². The van der Waals surface area contributed by atoms with Crippen molar-refractivity contribution in [1.29, 1.82) is 0 Å². The normalized spacial score (nSPS) is 12.2. The Labute approximate surface area is 143 Å². The van der Waals surface area contributed by atoms with Gasteiger partial charge >= 0.3 is 0 Å². The minimum atomic E-state index is -0.500. The molecule has 0 bridgehead atoms. The Morgan fingerprint density at radius 2 is 1.96 bits per heavy atom. The minimum absolute atomic E-state index is 0.364. The number of hydrogen-bond donors (Lipinski definition) is 1. The Balaban J connectivity index is 1.97. The highest BCUT2D eigenvalue weighted by Gasteiger charge is 2.09. The van der Waals surface area contributed by atoms with Gasteiger partial charge in [0.15, 0.2) is 0 Å². The largest absolute Gasteiger partial charge is 0.439 e. The highest BCUT2D eigenvalue weighted by atomic mass is 16.5. The molecule has 0 aliphatic carbocycles. The summed E-state index contributed by atoms with van der Waals surface area (Å²) in [6.45, 7) is 6.56. The third-order valence-corrected chi connectivity index (χ3v) is 3.88. The van der Waals surface area contributed by atoms with Gasteiger partial charge in [0, 0.05) is 18.8 Å². The molecule has 1 aromatic heterocycles. The van der Waals surface area contributed by atoms with Gasteiger partial charge in [-0.1, -0.05) is 26.0 Å². The quantitative estimate of drug-likeness (QED) is 0.806. The lowest BCUT2D eigenvalue weighted by molar-refractivity contribution is 0.1000. The van der Waals surface area contributed by atoms with Gasteiger partial charge in [-0.05, 0) is 49.7 Å². The number of carbonyl (C=O) groups is 1. The molecular weight excluding hydrogens is 302 g/mol. The van der Waals surface area contributed by atoms with Crippen LogP contribution < -0.4 is 10.5 Å². The number of benzene rings is 1. The average Bonchev–Trinajstić information content (AvgIpc) is 2.56. The summed E-state index contributed by atoms with van der Waals surface area (Å²) in [5.41, 5.74) is 6.84. The zero-order chi connectivity index (χ0) is 17.5. The average molecular weight is 327 g/mol. The minimum Gasteiger partial charge on any atom is -0.439 e. The van der Waals surface area contributed by atoms with Crippen LogP contribution in [0.5, 0.6) is 11.6 Å². The fraction of sp³-hybridized carbons (Fsp3) is 0.368. The molecule has 0 radical (unpaired) electrons. The SMILES string of the molecule is CCCN(C)CC(C)c1ccc(Oc2ccc(C(N)=O)cn2)cc1. The fourth-order valence-corrected chi connectivity index (χ4v) is 2.62. The van der Waals surface area contributed by atoms with Crippen molar-refractivity contribution in [2.75, 3.05) is 20.1 Å². The Morgan fingerprint density at radius 3 is 2.50 bits per heavy atom. The molecule has 0 aliphatic rings. The van der Waals surface area contributed by atoms with E-state index >= 15 is 0 Å². The first-order valence-corrected chi connectivity index (χ1v) is 8.21. The first-order chi connectivity index (χ1) is 11.5. The molecule has 2 rings (SSSR count). The van der Waals surface area contributed by atoms with E-state index in [2.05, 4.69) is 42.9 Å². The molecule has 5 heteroatoms. The molecule has 0 spiro atoms. The van der Waals surface area contributed by atoms with Crippen LogP contribution in [-0.4, -0.2) is 35.9 Å². The lowest BCUT2D eigenvalue weighted by Gasteiger charge is -2.21. The zero-order valence-corrected chi connectivity index (χ0v) is 14.5. The van der Waals surface area contributed by atoms with Crippen molar-refractivity contribution in [3.8, 4) is 11.6 Å². The van der Waals surface area contributed by atoms with Crippen molar-refractivity contribution in [1.82, 2.24) is 9.88 Å². The van der Waals surface area contributed by atoms with Crippen molar-refractivity contribution in [3.63, 3.8) is 0 Å². The van der Waals surface area contributed by atoms with Crippen molar-refractivity contribution in [3.05, 3.63) is 53.7 Å². The van der Waals surface area contributed by atoms with Gasteiger partial charge in [0.1, 0.15) is 5.75 Å². The first kappa shape index (κ1) is 17.9. The van der Waals surface area contributed by atoms with E-state index in [0.717, 1.165) is 19.5 Å². The van der Waals surface area contributed by atoms with E-state index in [-0.39, 0.29) is 0 Å². The number of primary amides is 1. The Kier molecular flexibility index (Phi) is 6.32. The zero-order valence-electron chi connectivity index (χ0n) is 14.5. The summed E-state index contributed by atoms with van der Waals surface area (Å²) in [5, 5.41) is 0. The summed E-state index contributed by atoms with van der Waals surface area (Å²) in [7, 11) is 2.15. The monoisotopic (exact) mass is 327 g/mol. The Hall–Kier alpha value is -2.40. The number of aromatic nitrogens is 1. The van der Waals surface area contributed by atoms with Crippen molar-refractivity contribution < 1.29 is 9.53 Å². The molecule has 0 fully saturated rings. The molecule has 0 saturated carbocycles. The highest BCUT2D eigenvalue weighted by Crippen LogP contribution is 2.23. The van der Waals surface area contributed by atoms with Gasteiger partial charge in [0.25, 0.3) is 0 Å². The van der Waals surface area contributed by atoms with Crippen LogP contribution in [0.15, 0.2) is 42.6 Å². The van der Waals surface area contributed by atoms with Crippen LogP contribution in [0.25, 0.3) is 0 Å². The molecule has 1 heterocycles. The number of likely N-dealkylation sites (N-methyl/N-ethyl adjacent to an activating group) is 1. The molecule has 5 nitrogen and oxygen atoms in total. The van der Waals surface area contributed by atoms with Gasteiger partial charge in [-0.3, -0.25) is 4.79 Å². The van der Waals surface area contributed by atoms with Crippen LogP contribution in [-0.2, 0) is 0 Å². The summed E-state index contributed by atoms with van der Waals surface area (Å²) in [4.78, 5) is 17.5. The summed E-state index contributed by atoms with van der Waals surface area (Å²) >= 11 is 0. The van der Waals surface area contributed by atoms with Gasteiger partial charge < -0.3 is 15.4 Å². The number of amides is 1. The predicted molar refractivity (Wildman–Crippen MR) is 95.5 cm³/mol. The number of rotatable bonds is 8. The number of nitrogens with two attached hydrogens (primary N) is 1. The van der Waals surface area contributed by atoms with E-state index in [1.165, 1.54) is 11.8 Å². The molecule has 2 aromatic rings. The maximum Gasteiger partial charge on any atom is 0.250 e. The molecule has 2 N–H and O–H groups in total. The summed E-state index contributed by atoms with van der Waals surface area (Å²) in [5.74, 6) is 1.11. The third-order valence-electron chi connectivity index (χ3n) is 3.88. The lowest BCUT2D eigenvalue weighted by atomic mass is 10.0. The molecule has 1 amide bonds. The molecular formula is C19H25N3O2. The first-order valence-electron chi connectivity index (χ1n) is 8.21. The Bertz CT molecular complexity index is 653. The number of hydrogen-bond acceptors (Lipinski definition) is 4. The Morgan fingerprint density at radius 1 is 1.25 bits per heavy atom. The van der Waals surface area contributed by atoms with Crippen LogP contribution in [0.3, 0.4) is 0 Å². The molecule has 24 heavy (non-hydrogen) atoms. The van der Waals surface area contributed by atoms with Gasteiger partial charge in [-0.2, -0.15) is 0 Å². The van der Waals surface area contributed by atoms with E-state index in [9.17, 15) is 4.79 Å². The molecule has 1 aromatic carbocycles. The number of ether oxygens (including phenoxy) is 1. The van der Waals surface area contributed by atoms with Crippen LogP contribution in [0, 0.1) is 0 Å². The van der Waals surface area contributed by atoms with E-state index in [0.29, 0.717) is 23.1 Å². The number of pyridine rings is 1. The second-order valence-corrected chi connectivity index (χ2v) is 6.08. The summed E-state index contributed by atoms with van der Waals surface area (Å²) in [6, 6.07) is 11.3. The maximum atomic E-state index is 11.0. The van der Waals surface area contributed by atoms with Gasteiger partial charge in [-0.15, -0.1) is 0 Å². The predicted octanol–water partition coefficient (Wildman–Crippen LogP) is 3.42. The topological polar surface area (TPSA) is 68.5 Å². The third kappa shape index (κ3) is 5.06. The molecule has 0 aliphatic heterocycles. The van der Waals surface area contributed by atoms with Gasteiger partial charge in [0.05, 0.1) is 5.56 Å². The van der Waals surface area contributed by atoms with Crippen LogP contribution in [0.2, 0.25) is 0 Å². The van der Waals surface area contributed by atoms with Crippen LogP contribution in [0.4, 0.5) is 0 Å². The maximum absolute atomic E-state index is 11.0. The van der Waals surface area contributed by atoms with Crippen molar-refractivity contribution >= 4 is 5.91 Å². The standard InChI is InChI=1S/C19H25N3O2/c1-4-11-22(3)13-14(2)15-5-8-17(9-6-15)24-18-10-7-16(12-21-18)19(20)23/h5-10,12,14H,4,11,13H2,1-3H3,(H2,20,23). The highest BCUT2D eigenvalue weighted by molar-refractivity contribution is 5.92. The number of carbonyl (C=O) groups excluding carboxylic acids is 1. The lowest BCUT2D eigenvalue weighted by Crippen LogP contribution is -2.24. The summed E-state index contributed by atoms with van der Waals surface area (Å²) in [6.07, 6.45) is 2.58. The van der Waals surface area contributed by atoms with Gasteiger partial charge in [0.2, 0.25) is 11.8 Å². The van der Waals surface area contributed by atoms with E-state index in [1.54, 1.807) is 12.1 Å². The molecule has 0 saturated heterocycles. The second kappa shape index (κ2) is 8.45. The smallest absolute Gasteiger partial charge is 0.250 e.